The van der Waals surface area contributed by atoms with Crippen molar-refractivity contribution < 1.29 is 23.0 Å². The molecule has 1 saturated heterocycles. The van der Waals surface area contributed by atoms with Crippen molar-refractivity contribution in [1.82, 2.24) is 0 Å². The van der Waals surface area contributed by atoms with Crippen LogP contribution in [0.15, 0.2) is 35.6 Å². The van der Waals surface area contributed by atoms with E-state index in [4.69, 9.17) is 14.2 Å². The number of hydrogen-bond acceptors (Lipinski definition) is 3. The van der Waals surface area contributed by atoms with Crippen LogP contribution in [0.3, 0.4) is 0 Å². The fourth-order valence-electron chi connectivity index (χ4n) is 3.69. The molecule has 0 saturated carbocycles. The maximum absolute atomic E-state index is 14.5. The van der Waals surface area contributed by atoms with Crippen LogP contribution in [-0.2, 0) is 14.2 Å². The summed E-state index contributed by atoms with van der Waals surface area (Å²) in [6, 6.07) is 0. The van der Waals surface area contributed by atoms with E-state index in [1.165, 1.54) is 26.9 Å². The van der Waals surface area contributed by atoms with Crippen molar-refractivity contribution in [3.63, 3.8) is 0 Å². The molecule has 0 aliphatic carbocycles. The molecule has 1 fully saturated rings. The summed E-state index contributed by atoms with van der Waals surface area (Å²) < 4.78 is 45.3. The minimum atomic E-state index is -0.902. The maximum Gasteiger partial charge on any atom is 0.195 e. The Labute approximate surface area is 196 Å². The molecule has 5 heteroatoms. The van der Waals surface area contributed by atoms with E-state index in [9.17, 15) is 8.78 Å². The van der Waals surface area contributed by atoms with Gasteiger partial charge in [-0.25, -0.2) is 8.78 Å². The van der Waals surface area contributed by atoms with E-state index >= 15 is 0 Å². The van der Waals surface area contributed by atoms with Crippen LogP contribution in [0.2, 0.25) is 0 Å². The normalized spacial score (nSPS) is 22.0. The minimum Gasteiger partial charge on any atom is -0.498 e. The van der Waals surface area contributed by atoms with Gasteiger partial charge in [0.25, 0.3) is 0 Å². The van der Waals surface area contributed by atoms with E-state index in [0.29, 0.717) is 24.5 Å². The second kappa shape index (κ2) is 18.3. The summed E-state index contributed by atoms with van der Waals surface area (Å²) in [5.41, 5.74) is 0.493. The third-order valence-electron chi connectivity index (χ3n) is 5.88. The highest BCUT2D eigenvalue weighted by atomic mass is 19.2. The van der Waals surface area contributed by atoms with E-state index in [2.05, 4.69) is 20.4 Å². The highest BCUT2D eigenvalue weighted by Gasteiger charge is 2.23. The summed E-state index contributed by atoms with van der Waals surface area (Å²) in [6.07, 6.45) is 9.84. The molecule has 32 heavy (non-hydrogen) atoms. The first-order valence-corrected chi connectivity index (χ1v) is 12.4. The van der Waals surface area contributed by atoms with Crippen LogP contribution < -0.4 is 0 Å². The van der Waals surface area contributed by atoms with E-state index < -0.39 is 11.7 Å². The number of ether oxygens (including phenoxy) is 3. The molecule has 0 spiro atoms. The van der Waals surface area contributed by atoms with Gasteiger partial charge < -0.3 is 14.2 Å². The van der Waals surface area contributed by atoms with Gasteiger partial charge in [-0.1, -0.05) is 40.2 Å². The molecule has 0 radical (unpaired) electrons. The Morgan fingerprint density at radius 1 is 1.12 bits per heavy atom. The smallest absolute Gasteiger partial charge is 0.195 e. The molecule has 1 aliphatic heterocycles. The molecule has 3 nitrogen and oxygen atoms in total. The van der Waals surface area contributed by atoms with Crippen LogP contribution >= 0.6 is 0 Å². The molecule has 0 aromatic heterocycles. The summed E-state index contributed by atoms with van der Waals surface area (Å²) >= 11 is 0. The zero-order valence-electron chi connectivity index (χ0n) is 21.6. The quantitative estimate of drug-likeness (QED) is 0.157. The van der Waals surface area contributed by atoms with Crippen molar-refractivity contribution >= 4 is 0 Å². The number of methoxy groups -OCH3 is 1. The summed E-state index contributed by atoms with van der Waals surface area (Å²) in [4.78, 5) is 0. The topological polar surface area (TPSA) is 27.7 Å². The number of halogens is 2. The fraction of sp³-hybridized carbons (Fsp3) is 0.778. The van der Waals surface area contributed by atoms with Gasteiger partial charge in [-0.3, -0.25) is 0 Å². The third kappa shape index (κ3) is 12.2. The van der Waals surface area contributed by atoms with Gasteiger partial charge in [0, 0.05) is 6.61 Å². The summed E-state index contributed by atoms with van der Waals surface area (Å²) in [6.45, 7) is 16.7. The lowest BCUT2D eigenvalue weighted by molar-refractivity contribution is -0.0778. The molecule has 4 unspecified atom stereocenters. The van der Waals surface area contributed by atoms with Crippen molar-refractivity contribution in [3.8, 4) is 0 Å². The molecular formula is C27H48F2O3. The Kier molecular flexibility index (Phi) is 17.6. The number of hydrogen-bond donors (Lipinski definition) is 0. The van der Waals surface area contributed by atoms with Gasteiger partial charge in [0.2, 0.25) is 0 Å². The van der Waals surface area contributed by atoms with Crippen LogP contribution in [-0.4, -0.2) is 32.5 Å². The van der Waals surface area contributed by atoms with Gasteiger partial charge in [-0.15, -0.1) is 6.58 Å². The largest absolute Gasteiger partial charge is 0.498 e. The molecule has 0 aromatic carbocycles. The van der Waals surface area contributed by atoms with Crippen molar-refractivity contribution in [2.75, 3.05) is 20.3 Å². The predicted molar refractivity (Wildman–Crippen MR) is 131 cm³/mol. The van der Waals surface area contributed by atoms with E-state index in [1.54, 1.807) is 0 Å². The van der Waals surface area contributed by atoms with Crippen LogP contribution in [0.4, 0.5) is 8.78 Å². The first-order valence-electron chi connectivity index (χ1n) is 12.4. The Hall–Kier alpha value is -1.20. The molecule has 0 amide bonds. The van der Waals surface area contributed by atoms with Crippen LogP contribution in [0, 0.1) is 11.8 Å². The predicted octanol–water partition coefficient (Wildman–Crippen LogP) is 8.47. The molecule has 1 heterocycles. The first kappa shape index (κ1) is 30.8. The molecule has 1 rings (SSSR count). The average Bonchev–Trinajstić information content (AvgIpc) is 2.80. The lowest BCUT2D eigenvalue weighted by Gasteiger charge is -2.29. The lowest BCUT2D eigenvalue weighted by atomic mass is 9.91. The summed E-state index contributed by atoms with van der Waals surface area (Å²) in [7, 11) is 1.34. The molecular weight excluding hydrogens is 410 g/mol. The zero-order valence-corrected chi connectivity index (χ0v) is 21.6. The van der Waals surface area contributed by atoms with Crippen LogP contribution in [0.25, 0.3) is 0 Å². The number of rotatable bonds is 13. The molecule has 4 atom stereocenters. The number of allylic oxidation sites excluding steroid dienone is 5. The zero-order chi connectivity index (χ0) is 24.5. The molecule has 188 valence electrons. The van der Waals surface area contributed by atoms with Crippen molar-refractivity contribution in [3.05, 3.63) is 35.6 Å². The second-order valence-electron chi connectivity index (χ2n) is 8.86. The van der Waals surface area contributed by atoms with Gasteiger partial charge >= 0.3 is 0 Å². The monoisotopic (exact) mass is 458 g/mol. The van der Waals surface area contributed by atoms with Crippen molar-refractivity contribution in [1.29, 1.82) is 0 Å². The van der Waals surface area contributed by atoms with Crippen LogP contribution in [0.1, 0.15) is 92.9 Å². The first-order chi connectivity index (χ1) is 15.2. The molecule has 0 N–H and O–H groups in total. The highest BCUT2D eigenvalue weighted by Crippen LogP contribution is 2.31. The molecule has 1 aliphatic rings. The third-order valence-corrected chi connectivity index (χ3v) is 5.88. The maximum atomic E-state index is 14.5. The lowest BCUT2D eigenvalue weighted by Crippen LogP contribution is -2.30. The molecule has 0 aromatic rings. The fourth-order valence-corrected chi connectivity index (χ4v) is 3.69. The van der Waals surface area contributed by atoms with Gasteiger partial charge in [0.1, 0.15) is 5.76 Å². The van der Waals surface area contributed by atoms with E-state index in [1.807, 2.05) is 26.8 Å². The Balaban J connectivity index is 0.00000302. The standard InChI is InChI=1S/C24H40F2O3.C3H8/c1-7-9-10-20-13-14-21(29-15-20)16-28-18(4)12-11-17(3)22(8-2)24(26)23(25)19(5)27-6;1-3-2/h7,17-18,20-21H,1,8-16H2,2-6H3;3H2,1-2H3/b23-19-,24-22-;. The summed E-state index contributed by atoms with van der Waals surface area (Å²) in [5.74, 6) is -1.14. The Morgan fingerprint density at radius 2 is 1.78 bits per heavy atom. The SMILES string of the molecule is C=CCCC1CCC(COC(C)CCC(C)/C(CC)=C(F)/C(F)=C(\C)OC)OC1.CCC. The highest BCUT2D eigenvalue weighted by molar-refractivity contribution is 5.28. The Morgan fingerprint density at radius 3 is 2.28 bits per heavy atom. The summed E-state index contributed by atoms with van der Waals surface area (Å²) in [5, 5.41) is 0. The average molecular weight is 459 g/mol. The minimum absolute atomic E-state index is 0.0310. The van der Waals surface area contributed by atoms with Gasteiger partial charge in [0.05, 0.1) is 25.9 Å². The molecule has 0 bridgehead atoms. The van der Waals surface area contributed by atoms with Gasteiger partial charge in [-0.05, 0) is 76.2 Å². The van der Waals surface area contributed by atoms with Crippen molar-refractivity contribution in [2.24, 2.45) is 11.8 Å². The van der Waals surface area contributed by atoms with Gasteiger partial charge in [0.15, 0.2) is 11.7 Å². The van der Waals surface area contributed by atoms with E-state index in [-0.39, 0.29) is 23.9 Å². The van der Waals surface area contributed by atoms with Crippen molar-refractivity contribution in [2.45, 2.75) is 105 Å². The van der Waals surface area contributed by atoms with E-state index in [0.717, 1.165) is 38.7 Å². The second-order valence-corrected chi connectivity index (χ2v) is 8.86. The van der Waals surface area contributed by atoms with Crippen LogP contribution in [0.5, 0.6) is 0 Å². The Bertz CT molecular complexity index is 563. The van der Waals surface area contributed by atoms with Gasteiger partial charge in [-0.2, -0.15) is 0 Å².